The van der Waals surface area contributed by atoms with Crippen molar-refractivity contribution in [2.45, 2.75) is 6.92 Å². The maximum absolute atomic E-state index is 11.0. The molecule has 3 rings (SSSR count). The molecule has 0 aliphatic carbocycles. The van der Waals surface area contributed by atoms with Gasteiger partial charge in [-0.25, -0.2) is 4.79 Å². The lowest BCUT2D eigenvalue weighted by Crippen LogP contribution is -2.01. The molecule has 0 aliphatic rings. The maximum Gasteiger partial charge on any atom is 0.335 e. The number of nitrogens with one attached hydrogen (secondary N) is 1. The molecule has 0 fully saturated rings. The van der Waals surface area contributed by atoms with Gasteiger partial charge in [0, 0.05) is 0 Å². The zero-order chi connectivity index (χ0) is 17.6. The third-order valence-electron chi connectivity index (χ3n) is 3.87. The van der Waals surface area contributed by atoms with Gasteiger partial charge in [0.15, 0.2) is 0 Å². The van der Waals surface area contributed by atoms with E-state index in [1.165, 1.54) is 5.56 Å². The van der Waals surface area contributed by atoms with Crippen molar-refractivity contribution in [2.75, 3.05) is 5.43 Å². The van der Waals surface area contributed by atoms with Crippen LogP contribution in [-0.4, -0.2) is 16.8 Å². The minimum atomic E-state index is -0.958. The van der Waals surface area contributed by atoms with Crippen LogP contribution in [0.2, 0.25) is 0 Å². The number of aromatic carboxylic acids is 1. The second-order valence-corrected chi connectivity index (χ2v) is 5.64. The largest absolute Gasteiger partial charge is 0.478 e. The Labute approximate surface area is 146 Å². The smallest absolute Gasteiger partial charge is 0.335 e. The van der Waals surface area contributed by atoms with Gasteiger partial charge < -0.3 is 5.11 Å². The summed E-state index contributed by atoms with van der Waals surface area (Å²) in [6.45, 7) is 1.91. The first-order valence-corrected chi connectivity index (χ1v) is 7.93. The van der Waals surface area contributed by atoms with E-state index in [1.807, 2.05) is 37.3 Å². The van der Waals surface area contributed by atoms with Gasteiger partial charge in [-0.05, 0) is 41.8 Å². The first-order chi connectivity index (χ1) is 12.1. The lowest BCUT2D eigenvalue weighted by Gasteiger charge is -2.06. The maximum atomic E-state index is 11.0. The van der Waals surface area contributed by atoms with Crippen molar-refractivity contribution in [2.24, 2.45) is 5.10 Å². The van der Waals surface area contributed by atoms with E-state index in [2.05, 4.69) is 34.8 Å². The van der Waals surface area contributed by atoms with Crippen molar-refractivity contribution in [1.29, 1.82) is 0 Å². The van der Waals surface area contributed by atoms with Crippen LogP contribution in [0.4, 0.5) is 5.69 Å². The molecule has 25 heavy (non-hydrogen) atoms. The van der Waals surface area contributed by atoms with Crippen LogP contribution < -0.4 is 5.43 Å². The van der Waals surface area contributed by atoms with Gasteiger partial charge in [-0.3, -0.25) is 5.43 Å². The molecule has 0 amide bonds. The van der Waals surface area contributed by atoms with E-state index in [1.54, 1.807) is 24.3 Å². The van der Waals surface area contributed by atoms with Crippen molar-refractivity contribution < 1.29 is 9.90 Å². The Hall–Kier alpha value is -3.40. The highest BCUT2D eigenvalue weighted by Crippen LogP contribution is 2.19. The molecule has 3 aromatic rings. The minimum Gasteiger partial charge on any atom is -0.478 e. The van der Waals surface area contributed by atoms with Crippen LogP contribution in [0.15, 0.2) is 84.0 Å². The van der Waals surface area contributed by atoms with Crippen molar-refractivity contribution in [3.63, 3.8) is 0 Å². The van der Waals surface area contributed by atoms with Crippen LogP contribution in [0.3, 0.4) is 0 Å². The summed E-state index contributed by atoms with van der Waals surface area (Å²) in [5, 5.41) is 13.4. The van der Waals surface area contributed by atoms with Crippen molar-refractivity contribution in [1.82, 2.24) is 0 Å². The Balaban J connectivity index is 1.74. The van der Waals surface area contributed by atoms with Gasteiger partial charge in [0.1, 0.15) is 0 Å². The van der Waals surface area contributed by atoms with Crippen LogP contribution in [0.5, 0.6) is 0 Å². The van der Waals surface area contributed by atoms with E-state index in [0.717, 1.165) is 16.8 Å². The van der Waals surface area contributed by atoms with Gasteiger partial charge in [0.25, 0.3) is 0 Å². The van der Waals surface area contributed by atoms with Gasteiger partial charge in [-0.2, -0.15) is 5.10 Å². The molecule has 0 heterocycles. The minimum absolute atomic E-state index is 0.227. The van der Waals surface area contributed by atoms with Crippen LogP contribution in [0.25, 0.3) is 11.1 Å². The number of nitrogens with zero attached hydrogens (tertiary/aromatic N) is 1. The number of benzene rings is 3. The number of rotatable bonds is 5. The normalized spacial score (nSPS) is 11.2. The Kier molecular flexibility index (Phi) is 4.90. The van der Waals surface area contributed by atoms with Gasteiger partial charge in [-0.15, -0.1) is 0 Å². The highest BCUT2D eigenvalue weighted by atomic mass is 16.4. The van der Waals surface area contributed by atoms with Crippen LogP contribution >= 0.6 is 0 Å². The molecular weight excluding hydrogens is 312 g/mol. The molecule has 4 nitrogen and oxygen atoms in total. The lowest BCUT2D eigenvalue weighted by molar-refractivity contribution is 0.0697. The molecule has 0 unspecified atom stereocenters. The van der Waals surface area contributed by atoms with Gasteiger partial charge in [-0.1, -0.05) is 60.7 Å². The molecule has 0 atom stereocenters. The van der Waals surface area contributed by atoms with Crippen molar-refractivity contribution in [3.05, 3.63) is 90.0 Å². The Bertz CT molecular complexity index is 901. The Morgan fingerprint density at radius 2 is 1.52 bits per heavy atom. The molecule has 124 valence electrons. The molecular formula is C21H18N2O2. The monoisotopic (exact) mass is 330 g/mol. The highest BCUT2D eigenvalue weighted by Gasteiger charge is 2.03. The van der Waals surface area contributed by atoms with E-state index >= 15 is 0 Å². The topological polar surface area (TPSA) is 61.7 Å². The van der Waals surface area contributed by atoms with E-state index in [-0.39, 0.29) is 5.56 Å². The number of hydrazone groups is 1. The summed E-state index contributed by atoms with van der Waals surface area (Å²) >= 11 is 0. The standard InChI is InChI=1S/C21H18N2O2/c1-15(22-23-20-9-5-8-19(14-20)21(24)25)16-10-12-18(13-11-16)17-6-3-2-4-7-17/h2-14,23H,1H3,(H,24,25)/b22-15+. The second-order valence-electron chi connectivity index (χ2n) is 5.64. The number of hydrogen-bond donors (Lipinski definition) is 2. The summed E-state index contributed by atoms with van der Waals surface area (Å²) in [7, 11) is 0. The van der Waals surface area contributed by atoms with Crippen molar-refractivity contribution >= 4 is 17.4 Å². The number of anilines is 1. The van der Waals surface area contributed by atoms with E-state index in [0.29, 0.717) is 5.69 Å². The third kappa shape index (κ3) is 4.12. The SMILES string of the molecule is C/C(=N\Nc1cccc(C(=O)O)c1)c1ccc(-c2ccccc2)cc1. The molecule has 0 radical (unpaired) electrons. The summed E-state index contributed by atoms with van der Waals surface area (Å²) in [6, 6.07) is 24.9. The fourth-order valence-electron chi connectivity index (χ4n) is 2.47. The highest BCUT2D eigenvalue weighted by molar-refractivity contribution is 5.99. The first kappa shape index (κ1) is 16.5. The fraction of sp³-hybridized carbons (Fsp3) is 0.0476. The quantitative estimate of drug-likeness (QED) is 0.517. The molecule has 0 aromatic heterocycles. The van der Waals surface area contributed by atoms with Gasteiger partial charge >= 0.3 is 5.97 Å². The molecule has 3 aromatic carbocycles. The average molecular weight is 330 g/mol. The summed E-state index contributed by atoms with van der Waals surface area (Å²) < 4.78 is 0. The molecule has 0 aliphatic heterocycles. The van der Waals surface area contributed by atoms with Gasteiger partial charge in [0.05, 0.1) is 17.0 Å². The lowest BCUT2D eigenvalue weighted by atomic mass is 10.0. The predicted molar refractivity (Wildman–Crippen MR) is 101 cm³/mol. The number of hydrogen-bond acceptors (Lipinski definition) is 3. The van der Waals surface area contributed by atoms with E-state index in [4.69, 9.17) is 5.11 Å². The average Bonchev–Trinajstić information content (AvgIpc) is 2.67. The van der Waals surface area contributed by atoms with Crippen LogP contribution in [0.1, 0.15) is 22.8 Å². The summed E-state index contributed by atoms with van der Waals surface area (Å²) in [6.07, 6.45) is 0. The molecule has 0 saturated carbocycles. The Morgan fingerprint density at radius 3 is 2.20 bits per heavy atom. The molecule has 2 N–H and O–H groups in total. The predicted octanol–water partition coefficient (Wildman–Crippen LogP) is 4.89. The van der Waals surface area contributed by atoms with Crippen LogP contribution in [-0.2, 0) is 0 Å². The fourth-order valence-corrected chi connectivity index (χ4v) is 2.47. The zero-order valence-corrected chi connectivity index (χ0v) is 13.8. The summed E-state index contributed by atoms with van der Waals surface area (Å²) in [5.41, 5.74) is 7.92. The van der Waals surface area contributed by atoms with Gasteiger partial charge in [0.2, 0.25) is 0 Å². The molecule has 0 bridgehead atoms. The van der Waals surface area contributed by atoms with Crippen molar-refractivity contribution in [3.8, 4) is 11.1 Å². The third-order valence-corrected chi connectivity index (χ3v) is 3.87. The summed E-state index contributed by atoms with van der Waals surface area (Å²) in [4.78, 5) is 11.0. The Morgan fingerprint density at radius 1 is 0.840 bits per heavy atom. The van der Waals surface area contributed by atoms with E-state index < -0.39 is 5.97 Å². The molecule has 4 heteroatoms. The zero-order valence-electron chi connectivity index (χ0n) is 13.8. The second kappa shape index (κ2) is 7.45. The van der Waals surface area contributed by atoms with Crippen LogP contribution in [0, 0.1) is 0 Å². The number of carboxylic acids is 1. The molecule has 0 saturated heterocycles. The summed E-state index contributed by atoms with van der Waals surface area (Å²) in [5.74, 6) is -0.958. The number of carboxylic acid groups (broad SMARTS) is 1. The van der Waals surface area contributed by atoms with E-state index in [9.17, 15) is 4.79 Å². The first-order valence-electron chi connectivity index (χ1n) is 7.93. The molecule has 0 spiro atoms. The number of carbonyl (C=O) groups is 1.